The SMILES string of the molecule is CCC(COCC1CC1)N1C(=O)[C@@H](CC(=O)O)C[C@H](c2cccc(Cl)c2)[C@H]1c1ccc(Cl)cc1. The van der Waals surface area contributed by atoms with Crippen LogP contribution in [0.1, 0.15) is 62.1 Å². The number of amides is 1. The van der Waals surface area contributed by atoms with Gasteiger partial charge in [0, 0.05) is 28.5 Å². The molecule has 1 unspecified atom stereocenters. The molecule has 1 amide bonds. The van der Waals surface area contributed by atoms with Crippen LogP contribution in [0, 0.1) is 11.8 Å². The van der Waals surface area contributed by atoms with Gasteiger partial charge in [-0.05, 0) is 67.0 Å². The third-order valence-corrected chi connectivity index (χ3v) is 7.44. The third-order valence-electron chi connectivity index (χ3n) is 6.96. The Morgan fingerprint density at radius 2 is 1.85 bits per heavy atom. The van der Waals surface area contributed by atoms with Crippen LogP contribution >= 0.6 is 23.2 Å². The lowest BCUT2D eigenvalue weighted by Gasteiger charge is -2.48. The molecule has 0 aromatic heterocycles. The van der Waals surface area contributed by atoms with Crippen LogP contribution in [0.2, 0.25) is 10.0 Å². The molecular weight excluding hydrogens is 473 g/mol. The van der Waals surface area contributed by atoms with Gasteiger partial charge in [0.05, 0.1) is 25.1 Å². The van der Waals surface area contributed by atoms with Gasteiger partial charge in [-0.1, -0.05) is 54.4 Å². The molecule has 7 heteroatoms. The molecule has 34 heavy (non-hydrogen) atoms. The average molecular weight is 504 g/mol. The molecule has 5 nitrogen and oxygen atoms in total. The minimum absolute atomic E-state index is 0.112. The number of nitrogens with zero attached hydrogens (tertiary/aromatic N) is 1. The predicted octanol–water partition coefficient (Wildman–Crippen LogP) is 6.35. The molecule has 182 valence electrons. The second-order valence-electron chi connectivity index (χ2n) is 9.48. The van der Waals surface area contributed by atoms with Crippen molar-refractivity contribution in [3.8, 4) is 0 Å². The number of piperidine rings is 1. The van der Waals surface area contributed by atoms with Crippen molar-refractivity contribution in [2.24, 2.45) is 11.8 Å². The number of carboxylic acid groups (broad SMARTS) is 1. The number of hydrogen-bond acceptors (Lipinski definition) is 3. The first-order chi connectivity index (χ1) is 16.4. The summed E-state index contributed by atoms with van der Waals surface area (Å²) in [7, 11) is 0. The zero-order chi connectivity index (χ0) is 24.2. The summed E-state index contributed by atoms with van der Waals surface area (Å²) < 4.78 is 6.04. The highest BCUT2D eigenvalue weighted by atomic mass is 35.5. The van der Waals surface area contributed by atoms with Gasteiger partial charge in [0.1, 0.15) is 0 Å². The third kappa shape index (κ3) is 5.94. The van der Waals surface area contributed by atoms with Crippen LogP contribution < -0.4 is 0 Å². The standard InChI is InChI=1S/C27H31Cl2NO4/c1-2-23(16-34-15-17-6-7-17)30-26(18-8-10-21(28)11-9-18)24(19-4-3-5-22(29)12-19)13-20(27(30)33)14-25(31)32/h3-5,8-12,17,20,23-24,26H,2,6-7,13-16H2,1H3,(H,31,32)/t20-,23?,24-,26-/m1/s1. The Bertz CT molecular complexity index is 1010. The number of benzene rings is 2. The van der Waals surface area contributed by atoms with Crippen molar-refractivity contribution in [3.05, 3.63) is 69.7 Å². The van der Waals surface area contributed by atoms with E-state index < -0.39 is 11.9 Å². The maximum atomic E-state index is 13.8. The van der Waals surface area contributed by atoms with Gasteiger partial charge < -0.3 is 14.7 Å². The van der Waals surface area contributed by atoms with E-state index in [1.165, 1.54) is 12.8 Å². The number of carboxylic acids is 1. The molecule has 2 aromatic carbocycles. The second-order valence-corrected chi connectivity index (χ2v) is 10.3. The number of halogens is 2. The van der Waals surface area contributed by atoms with Crippen molar-refractivity contribution in [1.82, 2.24) is 4.90 Å². The Morgan fingerprint density at radius 3 is 2.47 bits per heavy atom. The molecule has 1 N–H and O–H groups in total. The highest BCUT2D eigenvalue weighted by Crippen LogP contribution is 2.47. The van der Waals surface area contributed by atoms with E-state index in [4.69, 9.17) is 27.9 Å². The van der Waals surface area contributed by atoms with Crippen molar-refractivity contribution in [2.75, 3.05) is 13.2 Å². The Labute approximate surface area is 211 Å². The van der Waals surface area contributed by atoms with Crippen molar-refractivity contribution in [2.45, 2.75) is 57.0 Å². The Morgan fingerprint density at radius 1 is 1.12 bits per heavy atom. The minimum atomic E-state index is -0.967. The van der Waals surface area contributed by atoms with Crippen LogP contribution in [-0.4, -0.2) is 41.1 Å². The lowest BCUT2D eigenvalue weighted by atomic mass is 9.74. The van der Waals surface area contributed by atoms with Crippen molar-refractivity contribution in [1.29, 1.82) is 0 Å². The van der Waals surface area contributed by atoms with Crippen molar-refractivity contribution >= 4 is 35.1 Å². The normalized spacial score (nSPS) is 23.7. The summed E-state index contributed by atoms with van der Waals surface area (Å²) in [6.07, 6.45) is 3.35. The van der Waals surface area contributed by atoms with Crippen LogP contribution in [0.4, 0.5) is 0 Å². The van der Waals surface area contributed by atoms with Crippen molar-refractivity contribution < 1.29 is 19.4 Å². The number of ether oxygens (including phenoxy) is 1. The number of likely N-dealkylation sites (tertiary alicyclic amines) is 1. The average Bonchev–Trinajstić information content (AvgIpc) is 3.63. The summed E-state index contributed by atoms with van der Waals surface area (Å²) in [4.78, 5) is 27.4. The fourth-order valence-electron chi connectivity index (χ4n) is 5.03. The van der Waals surface area contributed by atoms with Gasteiger partial charge in [0.2, 0.25) is 5.91 Å². The first kappa shape index (κ1) is 25.0. The van der Waals surface area contributed by atoms with Crippen LogP contribution in [0.25, 0.3) is 0 Å². The van der Waals surface area contributed by atoms with E-state index in [1.54, 1.807) is 0 Å². The summed E-state index contributed by atoms with van der Waals surface area (Å²) in [5.41, 5.74) is 1.96. The van der Waals surface area contributed by atoms with E-state index in [9.17, 15) is 14.7 Å². The molecule has 2 fully saturated rings. The fourth-order valence-corrected chi connectivity index (χ4v) is 5.35. The number of aliphatic carboxylic acids is 1. The van der Waals surface area contributed by atoms with Gasteiger partial charge in [-0.15, -0.1) is 0 Å². The molecule has 4 rings (SSSR count). The molecular formula is C27H31Cl2NO4. The number of hydrogen-bond donors (Lipinski definition) is 1. The van der Waals surface area contributed by atoms with Crippen LogP contribution in [0.3, 0.4) is 0 Å². The summed E-state index contributed by atoms with van der Waals surface area (Å²) in [6, 6.07) is 14.8. The first-order valence-corrected chi connectivity index (χ1v) is 12.8. The molecule has 2 aliphatic rings. The van der Waals surface area contributed by atoms with Crippen LogP contribution in [0.5, 0.6) is 0 Å². The largest absolute Gasteiger partial charge is 0.481 e. The quantitative estimate of drug-likeness (QED) is 0.410. The monoisotopic (exact) mass is 503 g/mol. The van der Waals surface area contributed by atoms with Gasteiger partial charge in [0.25, 0.3) is 0 Å². The molecule has 4 atom stereocenters. The molecule has 0 bridgehead atoms. The zero-order valence-electron chi connectivity index (χ0n) is 19.3. The maximum absolute atomic E-state index is 13.8. The molecule has 1 heterocycles. The van der Waals surface area contributed by atoms with Crippen LogP contribution in [0.15, 0.2) is 48.5 Å². The van der Waals surface area contributed by atoms with E-state index in [2.05, 4.69) is 0 Å². The molecule has 1 saturated carbocycles. The fraction of sp³-hybridized carbons (Fsp3) is 0.481. The van der Waals surface area contributed by atoms with E-state index in [0.29, 0.717) is 42.0 Å². The van der Waals surface area contributed by atoms with Gasteiger partial charge in [0.15, 0.2) is 0 Å². The summed E-state index contributed by atoms with van der Waals surface area (Å²) in [5.74, 6) is -1.18. The lowest BCUT2D eigenvalue weighted by Crippen LogP contribution is -2.53. The van der Waals surface area contributed by atoms with Gasteiger partial charge >= 0.3 is 5.97 Å². The van der Waals surface area contributed by atoms with E-state index in [-0.39, 0.29) is 30.3 Å². The van der Waals surface area contributed by atoms with E-state index in [1.807, 2.05) is 60.4 Å². The highest BCUT2D eigenvalue weighted by Gasteiger charge is 2.46. The number of rotatable bonds is 10. The molecule has 0 spiro atoms. The minimum Gasteiger partial charge on any atom is -0.481 e. The Hall–Kier alpha value is -2.08. The Balaban J connectivity index is 1.76. The summed E-state index contributed by atoms with van der Waals surface area (Å²) >= 11 is 12.5. The number of carbonyl (C=O) groups excluding carboxylic acids is 1. The first-order valence-electron chi connectivity index (χ1n) is 12.0. The second kappa shape index (κ2) is 11.1. The zero-order valence-corrected chi connectivity index (χ0v) is 20.8. The molecule has 0 radical (unpaired) electrons. The molecule has 1 aliphatic carbocycles. The summed E-state index contributed by atoms with van der Waals surface area (Å²) in [6.45, 7) is 3.19. The molecule has 1 saturated heterocycles. The van der Waals surface area contributed by atoms with E-state index in [0.717, 1.165) is 11.1 Å². The van der Waals surface area contributed by atoms with Gasteiger partial charge in [-0.25, -0.2) is 0 Å². The Kier molecular flexibility index (Phi) is 8.18. The summed E-state index contributed by atoms with van der Waals surface area (Å²) in [5, 5.41) is 10.8. The van der Waals surface area contributed by atoms with Crippen molar-refractivity contribution in [3.63, 3.8) is 0 Å². The smallest absolute Gasteiger partial charge is 0.304 e. The van der Waals surface area contributed by atoms with E-state index >= 15 is 0 Å². The highest BCUT2D eigenvalue weighted by molar-refractivity contribution is 6.30. The predicted molar refractivity (Wildman–Crippen MR) is 133 cm³/mol. The number of carbonyl (C=O) groups is 2. The molecule has 1 aliphatic heterocycles. The lowest BCUT2D eigenvalue weighted by molar-refractivity contribution is -0.154. The topological polar surface area (TPSA) is 66.8 Å². The van der Waals surface area contributed by atoms with Gasteiger partial charge in [-0.2, -0.15) is 0 Å². The van der Waals surface area contributed by atoms with Gasteiger partial charge in [-0.3, -0.25) is 9.59 Å². The maximum Gasteiger partial charge on any atom is 0.304 e. The molecule has 2 aromatic rings. The van der Waals surface area contributed by atoms with Crippen LogP contribution in [-0.2, 0) is 14.3 Å².